The van der Waals surface area contributed by atoms with Crippen LogP contribution in [-0.2, 0) is 4.79 Å². The number of anilines is 1. The van der Waals surface area contributed by atoms with Crippen molar-refractivity contribution in [2.24, 2.45) is 15.7 Å². The molecule has 8 heteroatoms. The molecular formula is C24H28ClIN4OS. The van der Waals surface area contributed by atoms with E-state index in [1.807, 2.05) is 30.3 Å². The van der Waals surface area contributed by atoms with Crippen LogP contribution in [0.4, 0.5) is 11.4 Å². The van der Waals surface area contributed by atoms with Crippen LogP contribution in [-0.4, -0.2) is 28.2 Å². The summed E-state index contributed by atoms with van der Waals surface area (Å²) in [5, 5.41) is 1.40. The molecule has 0 unspecified atom stereocenters. The molecule has 170 valence electrons. The number of carbonyl (C=O) groups excluding carboxylic acids is 1. The molecule has 0 aromatic heterocycles. The van der Waals surface area contributed by atoms with E-state index in [9.17, 15) is 4.79 Å². The van der Waals surface area contributed by atoms with Gasteiger partial charge in [-0.1, -0.05) is 73.0 Å². The lowest BCUT2D eigenvalue weighted by molar-refractivity contribution is -0.115. The number of aryl methyl sites for hydroxylation is 2. The van der Waals surface area contributed by atoms with E-state index in [2.05, 4.69) is 30.9 Å². The molecule has 1 amide bonds. The number of halogens is 2. The summed E-state index contributed by atoms with van der Waals surface area (Å²) in [5.41, 5.74) is 9.19. The number of amidine groups is 2. The average molecular weight is 583 g/mol. The van der Waals surface area contributed by atoms with E-state index in [0.717, 1.165) is 59.2 Å². The molecule has 4 rings (SSSR count). The van der Waals surface area contributed by atoms with Gasteiger partial charge in [0.05, 0.1) is 22.2 Å². The number of thioether (sulfide) groups is 1. The summed E-state index contributed by atoms with van der Waals surface area (Å²) in [7, 11) is 0. The third-order valence-electron chi connectivity index (χ3n) is 6.01. The third kappa shape index (κ3) is 4.84. The SMILES string of the molecule is Cc1cccc(C)c1N=C1N=C(SCC(N)=O)N(c2ccccc2Cl)C12CCCCC2.I. The van der Waals surface area contributed by atoms with Gasteiger partial charge >= 0.3 is 0 Å². The lowest BCUT2D eigenvalue weighted by atomic mass is 9.79. The van der Waals surface area contributed by atoms with Crippen molar-refractivity contribution in [1.29, 1.82) is 0 Å². The smallest absolute Gasteiger partial charge is 0.227 e. The Morgan fingerprint density at radius 1 is 1.12 bits per heavy atom. The number of para-hydroxylation sites is 2. The summed E-state index contributed by atoms with van der Waals surface area (Å²) in [6.07, 6.45) is 5.25. The van der Waals surface area contributed by atoms with E-state index in [0.29, 0.717) is 5.02 Å². The molecule has 2 aromatic rings. The second-order valence-electron chi connectivity index (χ2n) is 8.20. The van der Waals surface area contributed by atoms with Gasteiger partial charge in [0.2, 0.25) is 5.91 Å². The van der Waals surface area contributed by atoms with Crippen molar-refractivity contribution in [2.45, 2.75) is 51.5 Å². The van der Waals surface area contributed by atoms with E-state index in [1.165, 1.54) is 18.2 Å². The van der Waals surface area contributed by atoms with Crippen molar-refractivity contribution in [3.63, 3.8) is 0 Å². The number of primary amides is 1. The molecule has 0 bridgehead atoms. The van der Waals surface area contributed by atoms with E-state index in [1.54, 1.807) is 0 Å². The summed E-state index contributed by atoms with van der Waals surface area (Å²) < 4.78 is 0. The molecule has 32 heavy (non-hydrogen) atoms. The number of nitrogens with zero attached hydrogens (tertiary/aromatic N) is 3. The number of rotatable bonds is 4. The average Bonchev–Trinajstić information content (AvgIpc) is 3.02. The van der Waals surface area contributed by atoms with Crippen LogP contribution in [0.25, 0.3) is 0 Å². The maximum atomic E-state index is 11.6. The fourth-order valence-corrected chi connectivity index (χ4v) is 5.57. The maximum absolute atomic E-state index is 11.6. The summed E-state index contributed by atoms with van der Waals surface area (Å²) in [6, 6.07) is 14.0. The molecule has 1 saturated carbocycles. The Hall–Kier alpha value is -1.58. The zero-order valence-electron chi connectivity index (χ0n) is 18.3. The van der Waals surface area contributed by atoms with Gasteiger partial charge in [-0.3, -0.25) is 4.79 Å². The zero-order chi connectivity index (χ0) is 22.0. The quantitative estimate of drug-likeness (QED) is 0.424. The van der Waals surface area contributed by atoms with Gasteiger partial charge in [-0.25, -0.2) is 9.98 Å². The topological polar surface area (TPSA) is 71.0 Å². The van der Waals surface area contributed by atoms with Crippen LogP contribution >= 0.6 is 47.3 Å². The van der Waals surface area contributed by atoms with Crippen LogP contribution in [0.15, 0.2) is 52.4 Å². The predicted molar refractivity (Wildman–Crippen MR) is 147 cm³/mol. The first-order valence-corrected chi connectivity index (χ1v) is 12.0. The molecule has 2 aliphatic rings. The van der Waals surface area contributed by atoms with Crippen molar-refractivity contribution in [1.82, 2.24) is 0 Å². The monoisotopic (exact) mass is 582 g/mol. The molecule has 5 nitrogen and oxygen atoms in total. The van der Waals surface area contributed by atoms with Crippen LogP contribution in [0.5, 0.6) is 0 Å². The summed E-state index contributed by atoms with van der Waals surface area (Å²) >= 11 is 8.01. The number of carbonyl (C=O) groups is 1. The lowest BCUT2D eigenvalue weighted by Crippen LogP contribution is -2.53. The number of benzene rings is 2. The summed E-state index contributed by atoms with van der Waals surface area (Å²) in [4.78, 5) is 23.9. The Bertz CT molecular complexity index is 1050. The molecule has 0 saturated heterocycles. The Morgan fingerprint density at radius 3 is 2.41 bits per heavy atom. The highest BCUT2D eigenvalue weighted by atomic mass is 127. The first-order valence-electron chi connectivity index (χ1n) is 10.6. The number of hydrogen-bond acceptors (Lipinski definition) is 4. The Morgan fingerprint density at radius 2 is 1.78 bits per heavy atom. The summed E-state index contributed by atoms with van der Waals surface area (Å²) in [6.45, 7) is 4.15. The first-order chi connectivity index (χ1) is 14.9. The van der Waals surface area contributed by atoms with Crippen molar-refractivity contribution >= 4 is 75.6 Å². The minimum Gasteiger partial charge on any atom is -0.369 e. The second-order valence-corrected chi connectivity index (χ2v) is 9.55. The van der Waals surface area contributed by atoms with E-state index >= 15 is 0 Å². The predicted octanol–water partition coefficient (Wildman–Crippen LogP) is 6.40. The van der Waals surface area contributed by atoms with Crippen LogP contribution in [0, 0.1) is 13.8 Å². The van der Waals surface area contributed by atoms with Gasteiger partial charge < -0.3 is 10.6 Å². The van der Waals surface area contributed by atoms with Gasteiger partial charge in [-0.2, -0.15) is 0 Å². The van der Waals surface area contributed by atoms with Crippen molar-refractivity contribution < 1.29 is 4.79 Å². The van der Waals surface area contributed by atoms with Gasteiger partial charge in [-0.15, -0.1) is 24.0 Å². The van der Waals surface area contributed by atoms with Gasteiger partial charge in [0.1, 0.15) is 5.54 Å². The standard InChI is InChI=1S/C24H27ClN4OS.HI/c1-16-9-8-10-17(2)21(16)27-22-24(13-6-3-7-14-24)29(19-12-5-4-11-18(19)25)23(28-22)31-15-20(26)30;/h4-5,8-12H,3,6-7,13-15H2,1-2H3,(H2,26,30);1H. The highest BCUT2D eigenvalue weighted by Gasteiger charge is 2.50. The number of nitrogens with two attached hydrogens (primary N) is 1. The molecule has 1 aliphatic carbocycles. The first kappa shape index (κ1) is 25.1. The van der Waals surface area contributed by atoms with Crippen molar-refractivity contribution in [2.75, 3.05) is 10.7 Å². The summed E-state index contributed by atoms with van der Waals surface area (Å²) in [5.74, 6) is 0.591. The number of hydrogen-bond donors (Lipinski definition) is 1. The number of amides is 1. The lowest BCUT2D eigenvalue weighted by Gasteiger charge is -2.42. The minimum atomic E-state index is -0.377. The fraction of sp³-hybridized carbons (Fsp3) is 0.375. The second kappa shape index (κ2) is 10.6. The molecule has 0 atom stereocenters. The highest BCUT2D eigenvalue weighted by molar-refractivity contribution is 14.0. The normalized spacial score (nSPS) is 18.5. The minimum absolute atomic E-state index is 0. The zero-order valence-corrected chi connectivity index (χ0v) is 22.2. The molecule has 1 spiro atoms. The van der Waals surface area contributed by atoms with E-state index < -0.39 is 0 Å². The van der Waals surface area contributed by atoms with Crippen LogP contribution < -0.4 is 10.6 Å². The van der Waals surface area contributed by atoms with Gasteiger partial charge in [0, 0.05) is 0 Å². The Balaban J connectivity index is 0.00000289. The van der Waals surface area contributed by atoms with Crippen molar-refractivity contribution in [3.8, 4) is 0 Å². The van der Waals surface area contributed by atoms with Crippen LogP contribution in [0.3, 0.4) is 0 Å². The van der Waals surface area contributed by atoms with E-state index in [4.69, 9.17) is 27.3 Å². The van der Waals surface area contributed by atoms with Gasteiger partial charge in [0.15, 0.2) is 11.0 Å². The van der Waals surface area contributed by atoms with E-state index in [-0.39, 0.29) is 41.2 Å². The fourth-order valence-electron chi connectivity index (χ4n) is 4.53. The molecular weight excluding hydrogens is 555 g/mol. The molecule has 1 fully saturated rings. The van der Waals surface area contributed by atoms with Gasteiger partial charge in [0.25, 0.3) is 0 Å². The molecule has 0 radical (unpaired) electrons. The van der Waals surface area contributed by atoms with Crippen molar-refractivity contribution in [3.05, 3.63) is 58.6 Å². The number of aliphatic imine (C=N–C) groups is 2. The largest absolute Gasteiger partial charge is 0.369 e. The molecule has 1 heterocycles. The Labute approximate surface area is 215 Å². The molecule has 1 aliphatic heterocycles. The molecule has 2 N–H and O–H groups in total. The maximum Gasteiger partial charge on any atom is 0.227 e. The van der Waals surface area contributed by atoms with Gasteiger partial charge in [-0.05, 0) is 49.9 Å². The molecule has 2 aromatic carbocycles. The third-order valence-corrected chi connectivity index (χ3v) is 7.29. The van der Waals surface area contributed by atoms with Crippen LogP contribution in [0.1, 0.15) is 43.2 Å². The highest BCUT2D eigenvalue weighted by Crippen LogP contribution is 2.46. The van der Waals surface area contributed by atoms with Crippen LogP contribution in [0.2, 0.25) is 5.02 Å². The Kier molecular flexibility index (Phi) is 8.27.